The van der Waals surface area contributed by atoms with Gasteiger partial charge in [-0.15, -0.1) is 21.5 Å². The van der Waals surface area contributed by atoms with E-state index in [1.165, 1.54) is 4.90 Å². The maximum atomic E-state index is 14.1. The number of nitrogen functional groups attached to an aromatic ring is 1. The number of benzene rings is 2. The lowest BCUT2D eigenvalue weighted by Crippen LogP contribution is -2.61. The predicted molar refractivity (Wildman–Crippen MR) is 206 cm³/mol. The number of likely N-dealkylation sites (tertiary alicyclic amines) is 1. The van der Waals surface area contributed by atoms with Crippen LogP contribution in [-0.4, -0.2) is 104 Å². The van der Waals surface area contributed by atoms with Gasteiger partial charge in [-0.25, -0.2) is 9.78 Å². The zero-order valence-electron chi connectivity index (χ0n) is 29.7. The van der Waals surface area contributed by atoms with E-state index >= 15 is 0 Å². The smallest absolute Gasteiger partial charge is 0.318 e. The Labute approximate surface area is 314 Å². The number of urea groups is 1. The number of aryl methyl sites for hydroxylation is 1. The van der Waals surface area contributed by atoms with Crippen molar-refractivity contribution in [1.29, 1.82) is 0 Å². The summed E-state index contributed by atoms with van der Waals surface area (Å²) in [7, 11) is 0. The van der Waals surface area contributed by atoms with Crippen LogP contribution < -0.4 is 21.3 Å². The molecule has 0 saturated carbocycles. The third-order valence-corrected chi connectivity index (χ3v) is 10.5. The first-order valence-corrected chi connectivity index (χ1v) is 18.2. The van der Waals surface area contributed by atoms with Crippen molar-refractivity contribution in [3.63, 3.8) is 0 Å². The predicted octanol–water partition coefficient (Wildman–Crippen LogP) is 4.02. The molecule has 2 saturated heterocycles. The summed E-state index contributed by atoms with van der Waals surface area (Å²) in [5.41, 5.74) is 11.9. The summed E-state index contributed by atoms with van der Waals surface area (Å²) < 4.78 is 0. The van der Waals surface area contributed by atoms with Gasteiger partial charge in [0.2, 0.25) is 11.8 Å². The molecule has 282 valence electrons. The van der Waals surface area contributed by atoms with Crippen LogP contribution in [0.4, 0.5) is 16.3 Å². The Morgan fingerprint density at radius 2 is 1.74 bits per heavy atom. The molecule has 4 aromatic rings. The number of aromatic hydroxyl groups is 1. The number of nitrogens with one attached hydrogen (secondary N) is 2. The molecule has 15 heteroatoms. The molecule has 6 rings (SSSR count). The van der Waals surface area contributed by atoms with Crippen LogP contribution in [0.2, 0.25) is 0 Å². The number of rotatable bonds is 8. The van der Waals surface area contributed by atoms with Crippen LogP contribution in [-0.2, 0) is 16.1 Å². The highest BCUT2D eigenvalue weighted by Crippen LogP contribution is 2.32. The van der Waals surface area contributed by atoms with Gasteiger partial charge in [0.1, 0.15) is 17.8 Å². The Balaban J connectivity index is 0.00000541. The van der Waals surface area contributed by atoms with E-state index < -0.39 is 35.5 Å². The van der Waals surface area contributed by atoms with Gasteiger partial charge in [-0.2, -0.15) is 0 Å². The molecule has 0 bridgehead atoms. The van der Waals surface area contributed by atoms with Crippen LogP contribution in [0.3, 0.4) is 0 Å². The summed E-state index contributed by atoms with van der Waals surface area (Å²) in [5.74, 6) is -0.469. The molecule has 14 nitrogen and oxygen atoms in total. The third-order valence-electron chi connectivity index (χ3n) is 9.56. The van der Waals surface area contributed by atoms with Crippen molar-refractivity contribution in [2.45, 2.75) is 66.3 Å². The molecule has 3 atom stereocenters. The SMILES string of the molecule is C.Cc1ncsc1-c1ccc(CNC(=O)[C@@H]2C[C@@H](O)CN2C(=O)[C@@H](NC(=O)N2CCN(c3cc(-c4ccccc4O)nnc3N)CC2)C(C)(C)C)cc1. The lowest BCUT2D eigenvalue weighted by atomic mass is 9.85. The standard InChI is InChI=1S/C37H45N9O5S.CH4/c1-22-31(52-21-40-22)24-11-9-23(10-12-24)19-39-34(49)29-17-25(47)20-46(29)35(50)32(37(2,3)4)41-36(51)45-15-13-44(14-16-45)28-18-27(42-43-33(28)38)26-7-5-6-8-30(26)48;/h5-12,18,21,25,29,32,47-48H,13-17,19-20H2,1-4H3,(H2,38,43)(H,39,49)(H,41,51);1H4/t25-,29+,32-;/m1./s1. The van der Waals surface area contributed by atoms with Gasteiger partial charge in [0.25, 0.3) is 0 Å². The van der Waals surface area contributed by atoms with Crippen LogP contribution in [0.5, 0.6) is 5.75 Å². The Kier molecular flexibility index (Phi) is 11.9. The van der Waals surface area contributed by atoms with Gasteiger partial charge in [0.05, 0.1) is 33.6 Å². The second kappa shape index (κ2) is 16.2. The lowest BCUT2D eigenvalue weighted by Gasteiger charge is -2.39. The number of hydrogen-bond donors (Lipinski definition) is 5. The van der Waals surface area contributed by atoms with Gasteiger partial charge in [0.15, 0.2) is 5.82 Å². The van der Waals surface area contributed by atoms with Crippen molar-refractivity contribution in [2.75, 3.05) is 43.4 Å². The number of para-hydroxylation sites is 1. The average Bonchev–Trinajstić information content (AvgIpc) is 3.74. The summed E-state index contributed by atoms with van der Waals surface area (Å²) in [6.45, 7) is 9.39. The zero-order chi connectivity index (χ0) is 37.2. The maximum Gasteiger partial charge on any atom is 0.318 e. The maximum absolute atomic E-state index is 14.1. The minimum atomic E-state index is -0.956. The number of thiazole rings is 1. The molecule has 2 aliphatic rings. The number of nitrogens with zero attached hydrogens (tertiary/aromatic N) is 6. The molecule has 0 spiro atoms. The number of anilines is 2. The van der Waals surface area contributed by atoms with E-state index in [-0.39, 0.29) is 44.4 Å². The molecular weight excluding hydrogens is 695 g/mol. The number of aliphatic hydroxyl groups is 1. The molecule has 6 N–H and O–H groups in total. The van der Waals surface area contributed by atoms with E-state index in [1.807, 2.05) is 62.4 Å². The number of carbonyl (C=O) groups is 3. The molecule has 53 heavy (non-hydrogen) atoms. The third kappa shape index (κ3) is 8.69. The molecule has 0 aliphatic carbocycles. The number of nitrogens with two attached hydrogens (primary N) is 1. The number of piperazine rings is 1. The molecule has 0 unspecified atom stereocenters. The number of phenols is 1. The molecule has 2 aliphatic heterocycles. The monoisotopic (exact) mass is 743 g/mol. The lowest BCUT2D eigenvalue weighted by molar-refractivity contribution is -0.142. The van der Waals surface area contributed by atoms with E-state index in [0.717, 1.165) is 21.7 Å². The summed E-state index contributed by atoms with van der Waals surface area (Å²) in [6.07, 6.45) is -0.764. The molecule has 4 heterocycles. The van der Waals surface area contributed by atoms with E-state index in [4.69, 9.17) is 5.73 Å². The molecule has 0 radical (unpaired) electrons. The van der Waals surface area contributed by atoms with Gasteiger partial charge >= 0.3 is 6.03 Å². The molecule has 2 fully saturated rings. The second-order valence-electron chi connectivity index (χ2n) is 14.3. The Hall–Kier alpha value is -5.28. The van der Waals surface area contributed by atoms with Crippen molar-refractivity contribution in [2.24, 2.45) is 5.41 Å². The molecule has 2 aromatic heterocycles. The second-order valence-corrected chi connectivity index (χ2v) is 15.2. The first-order chi connectivity index (χ1) is 24.8. The van der Waals surface area contributed by atoms with Crippen molar-refractivity contribution in [3.8, 4) is 27.4 Å². The number of phenolic OH excluding ortho intramolecular Hbond substituents is 1. The highest BCUT2D eigenvalue weighted by molar-refractivity contribution is 7.13. The van der Waals surface area contributed by atoms with Crippen LogP contribution in [0, 0.1) is 12.3 Å². The van der Waals surface area contributed by atoms with E-state index in [9.17, 15) is 24.6 Å². The van der Waals surface area contributed by atoms with Crippen molar-refractivity contribution in [1.82, 2.24) is 35.6 Å². The minimum Gasteiger partial charge on any atom is -0.507 e. The van der Waals surface area contributed by atoms with E-state index in [2.05, 4.69) is 25.8 Å². The zero-order valence-corrected chi connectivity index (χ0v) is 30.6. The van der Waals surface area contributed by atoms with E-state index in [1.54, 1.807) is 46.6 Å². The van der Waals surface area contributed by atoms with E-state index in [0.29, 0.717) is 43.1 Å². The van der Waals surface area contributed by atoms with Gasteiger partial charge in [-0.1, -0.05) is 64.6 Å². The first-order valence-electron chi connectivity index (χ1n) is 17.3. The van der Waals surface area contributed by atoms with Crippen LogP contribution in [0.15, 0.2) is 60.1 Å². The summed E-state index contributed by atoms with van der Waals surface area (Å²) in [6, 6.07) is 14.3. The summed E-state index contributed by atoms with van der Waals surface area (Å²) >= 11 is 1.57. The highest BCUT2D eigenvalue weighted by atomic mass is 32.1. The topological polar surface area (TPSA) is 190 Å². The Morgan fingerprint density at radius 1 is 1.04 bits per heavy atom. The van der Waals surface area contributed by atoms with Crippen LogP contribution in [0.25, 0.3) is 21.7 Å². The number of aromatic nitrogens is 3. The fraction of sp³-hybridized carbons (Fsp3) is 0.421. The van der Waals surface area contributed by atoms with Crippen molar-refractivity contribution < 1.29 is 24.6 Å². The minimum absolute atomic E-state index is 0. The first kappa shape index (κ1) is 38.9. The fourth-order valence-electron chi connectivity index (χ4n) is 6.61. The van der Waals surface area contributed by atoms with Gasteiger partial charge in [-0.05, 0) is 41.7 Å². The van der Waals surface area contributed by atoms with Crippen molar-refractivity contribution in [3.05, 3.63) is 71.4 Å². The van der Waals surface area contributed by atoms with Crippen LogP contribution in [0.1, 0.15) is 45.9 Å². The summed E-state index contributed by atoms with van der Waals surface area (Å²) in [5, 5.41) is 35.0. The molecule has 4 amide bonds. The quantitative estimate of drug-likeness (QED) is 0.176. The van der Waals surface area contributed by atoms with Gasteiger partial charge < -0.3 is 41.3 Å². The molecule has 2 aromatic carbocycles. The number of carbonyl (C=O) groups excluding carboxylic acids is 3. The Morgan fingerprint density at radius 3 is 2.38 bits per heavy atom. The van der Waals surface area contributed by atoms with Crippen molar-refractivity contribution >= 4 is 40.7 Å². The number of hydrogen-bond acceptors (Lipinski definition) is 11. The Bertz CT molecular complexity index is 1920. The molecular formula is C38H49N9O5S. The number of aliphatic hydroxyl groups excluding tert-OH is 1. The normalized spacial score (nSPS) is 17.9. The summed E-state index contributed by atoms with van der Waals surface area (Å²) in [4.78, 5) is 51.7. The largest absolute Gasteiger partial charge is 0.507 e. The van der Waals surface area contributed by atoms with Crippen LogP contribution >= 0.6 is 11.3 Å². The average molecular weight is 744 g/mol. The van der Waals surface area contributed by atoms with Gasteiger partial charge in [-0.3, -0.25) is 9.59 Å². The number of amides is 4. The number of β-amino-alcohol motifs (C(OH)–C–C–N with tert-alkyl or cyclic N) is 1. The highest BCUT2D eigenvalue weighted by Gasteiger charge is 2.45. The fourth-order valence-corrected chi connectivity index (χ4v) is 7.42. The van der Waals surface area contributed by atoms with Gasteiger partial charge in [0, 0.05) is 51.3 Å².